The SMILES string of the molecule is COCCCn1c(-c2csc(-c3ccc(F)cc3F)n2)cc(C(=O)O)c1C. The van der Waals surface area contributed by atoms with Crippen molar-refractivity contribution in [3.05, 3.63) is 52.5 Å². The largest absolute Gasteiger partial charge is 0.478 e. The number of hydrogen-bond donors (Lipinski definition) is 1. The predicted octanol–water partition coefficient (Wildman–Crippen LogP) is 4.60. The second kappa shape index (κ2) is 7.98. The third kappa shape index (κ3) is 3.91. The number of halogens is 2. The Hall–Kier alpha value is -2.58. The molecular weight excluding hydrogens is 374 g/mol. The summed E-state index contributed by atoms with van der Waals surface area (Å²) in [4.78, 5) is 16.0. The molecule has 0 fully saturated rings. The maximum Gasteiger partial charge on any atom is 0.337 e. The van der Waals surface area contributed by atoms with E-state index in [2.05, 4.69) is 4.98 Å². The molecule has 3 aromatic rings. The van der Waals surface area contributed by atoms with Crippen molar-refractivity contribution in [3.63, 3.8) is 0 Å². The minimum absolute atomic E-state index is 0.199. The van der Waals surface area contributed by atoms with Gasteiger partial charge in [-0.25, -0.2) is 18.6 Å². The van der Waals surface area contributed by atoms with E-state index in [4.69, 9.17) is 4.74 Å². The van der Waals surface area contributed by atoms with Crippen LogP contribution in [0.2, 0.25) is 0 Å². The Morgan fingerprint density at radius 2 is 2.11 bits per heavy atom. The molecule has 0 spiro atoms. The summed E-state index contributed by atoms with van der Waals surface area (Å²) in [6.07, 6.45) is 0.710. The molecule has 0 unspecified atom stereocenters. The Labute approximate surface area is 158 Å². The molecule has 142 valence electrons. The van der Waals surface area contributed by atoms with Crippen LogP contribution in [0.4, 0.5) is 8.78 Å². The smallest absolute Gasteiger partial charge is 0.337 e. The molecule has 3 rings (SSSR count). The molecule has 1 aromatic carbocycles. The molecule has 0 aliphatic carbocycles. The lowest BCUT2D eigenvalue weighted by Gasteiger charge is -2.10. The third-order valence-electron chi connectivity index (χ3n) is 4.26. The second-order valence-corrected chi connectivity index (χ2v) is 6.85. The molecule has 0 saturated carbocycles. The highest BCUT2D eigenvalue weighted by Crippen LogP contribution is 2.33. The van der Waals surface area contributed by atoms with Crippen molar-refractivity contribution in [2.45, 2.75) is 19.9 Å². The molecule has 8 heteroatoms. The van der Waals surface area contributed by atoms with Gasteiger partial charge in [0.2, 0.25) is 0 Å². The zero-order valence-electron chi connectivity index (χ0n) is 14.8. The van der Waals surface area contributed by atoms with E-state index in [1.54, 1.807) is 25.5 Å². The van der Waals surface area contributed by atoms with Gasteiger partial charge in [-0.3, -0.25) is 0 Å². The van der Waals surface area contributed by atoms with E-state index in [-0.39, 0.29) is 11.1 Å². The summed E-state index contributed by atoms with van der Waals surface area (Å²) in [6.45, 7) is 2.86. The zero-order chi connectivity index (χ0) is 19.6. The number of aromatic nitrogens is 2. The summed E-state index contributed by atoms with van der Waals surface area (Å²) in [6, 6.07) is 4.92. The van der Waals surface area contributed by atoms with Crippen LogP contribution in [-0.2, 0) is 11.3 Å². The van der Waals surface area contributed by atoms with E-state index >= 15 is 0 Å². The van der Waals surface area contributed by atoms with Gasteiger partial charge in [0.1, 0.15) is 16.6 Å². The number of ether oxygens (including phenoxy) is 1. The monoisotopic (exact) mass is 392 g/mol. The number of carbonyl (C=O) groups is 1. The average molecular weight is 392 g/mol. The van der Waals surface area contributed by atoms with Crippen LogP contribution in [0, 0.1) is 18.6 Å². The number of thiazole rings is 1. The number of carboxylic acids is 1. The minimum atomic E-state index is -1.01. The number of aromatic carboxylic acids is 1. The topological polar surface area (TPSA) is 64.4 Å². The maximum atomic E-state index is 14.0. The van der Waals surface area contributed by atoms with Crippen molar-refractivity contribution < 1.29 is 23.4 Å². The number of methoxy groups -OCH3 is 1. The molecule has 0 aliphatic rings. The number of rotatable bonds is 7. The van der Waals surface area contributed by atoms with Crippen molar-refractivity contribution in [2.24, 2.45) is 0 Å². The maximum absolute atomic E-state index is 14.0. The van der Waals surface area contributed by atoms with Crippen LogP contribution in [0.15, 0.2) is 29.6 Å². The van der Waals surface area contributed by atoms with Crippen LogP contribution in [0.3, 0.4) is 0 Å². The molecule has 0 amide bonds. The lowest BCUT2D eigenvalue weighted by Crippen LogP contribution is -2.06. The van der Waals surface area contributed by atoms with Crippen LogP contribution in [0.25, 0.3) is 22.0 Å². The summed E-state index contributed by atoms with van der Waals surface area (Å²) in [5.74, 6) is -2.35. The van der Waals surface area contributed by atoms with Crippen molar-refractivity contribution in [3.8, 4) is 22.0 Å². The number of nitrogens with zero attached hydrogens (tertiary/aromatic N) is 2. The van der Waals surface area contributed by atoms with Gasteiger partial charge < -0.3 is 14.4 Å². The van der Waals surface area contributed by atoms with Gasteiger partial charge >= 0.3 is 5.97 Å². The van der Waals surface area contributed by atoms with Crippen LogP contribution in [-0.4, -0.2) is 34.3 Å². The summed E-state index contributed by atoms with van der Waals surface area (Å²) in [5.41, 5.74) is 2.22. The lowest BCUT2D eigenvalue weighted by molar-refractivity contribution is 0.0696. The number of benzene rings is 1. The summed E-state index contributed by atoms with van der Waals surface area (Å²) in [7, 11) is 1.61. The first-order valence-electron chi connectivity index (χ1n) is 8.26. The standard InChI is InChI=1S/C19H18F2N2O3S/c1-11-14(19(24)25)9-17(23(11)6-3-7-26-2)16-10-27-18(22-16)13-5-4-12(20)8-15(13)21/h4-5,8-10H,3,6-7H2,1-2H3,(H,24,25). The van der Waals surface area contributed by atoms with Crippen LogP contribution in [0.5, 0.6) is 0 Å². The van der Waals surface area contributed by atoms with Crippen molar-refractivity contribution >= 4 is 17.3 Å². The molecule has 2 heterocycles. The third-order valence-corrected chi connectivity index (χ3v) is 5.13. The Balaban J connectivity index is 2.02. The van der Waals surface area contributed by atoms with Gasteiger partial charge in [-0.15, -0.1) is 11.3 Å². The fraction of sp³-hybridized carbons (Fsp3) is 0.263. The Kier molecular flexibility index (Phi) is 5.67. The first-order chi connectivity index (χ1) is 12.9. The lowest BCUT2D eigenvalue weighted by atomic mass is 10.2. The Bertz CT molecular complexity index is 981. The van der Waals surface area contributed by atoms with E-state index in [0.29, 0.717) is 41.7 Å². The number of carboxylic acid groups (broad SMARTS) is 1. The van der Waals surface area contributed by atoms with Gasteiger partial charge in [0, 0.05) is 43.0 Å². The molecular formula is C19H18F2N2O3S. The van der Waals surface area contributed by atoms with Gasteiger partial charge in [-0.05, 0) is 31.5 Å². The van der Waals surface area contributed by atoms with Crippen molar-refractivity contribution in [1.29, 1.82) is 0 Å². The van der Waals surface area contributed by atoms with Crippen molar-refractivity contribution in [1.82, 2.24) is 9.55 Å². The van der Waals surface area contributed by atoms with E-state index in [1.807, 2.05) is 4.57 Å². The Morgan fingerprint density at radius 3 is 2.78 bits per heavy atom. The predicted molar refractivity (Wildman–Crippen MR) is 99.1 cm³/mol. The van der Waals surface area contributed by atoms with Crippen LogP contribution in [0.1, 0.15) is 22.5 Å². The minimum Gasteiger partial charge on any atom is -0.478 e. The molecule has 27 heavy (non-hydrogen) atoms. The molecule has 5 nitrogen and oxygen atoms in total. The zero-order valence-corrected chi connectivity index (χ0v) is 15.6. The van der Waals surface area contributed by atoms with Crippen LogP contribution < -0.4 is 0 Å². The molecule has 0 radical (unpaired) electrons. The summed E-state index contributed by atoms with van der Waals surface area (Å²) >= 11 is 1.22. The van der Waals surface area contributed by atoms with E-state index in [9.17, 15) is 18.7 Å². The first kappa shape index (κ1) is 19.2. The molecule has 1 N–H and O–H groups in total. The molecule has 0 aliphatic heterocycles. The quantitative estimate of drug-likeness (QED) is 0.597. The van der Waals surface area contributed by atoms with Gasteiger partial charge in [0.15, 0.2) is 0 Å². The summed E-state index contributed by atoms with van der Waals surface area (Å²) < 4.78 is 34.1. The van der Waals surface area contributed by atoms with E-state index in [0.717, 1.165) is 6.07 Å². The molecule has 0 atom stereocenters. The highest BCUT2D eigenvalue weighted by atomic mass is 32.1. The molecule has 0 bridgehead atoms. The normalized spacial score (nSPS) is 11.1. The number of hydrogen-bond acceptors (Lipinski definition) is 4. The van der Waals surface area contributed by atoms with Gasteiger partial charge in [0.05, 0.1) is 17.0 Å². The highest BCUT2D eigenvalue weighted by Gasteiger charge is 2.20. The molecule has 2 aromatic heterocycles. The van der Waals surface area contributed by atoms with Gasteiger partial charge in [-0.2, -0.15) is 0 Å². The van der Waals surface area contributed by atoms with Gasteiger partial charge in [0.25, 0.3) is 0 Å². The fourth-order valence-electron chi connectivity index (χ4n) is 2.91. The first-order valence-corrected chi connectivity index (χ1v) is 9.14. The fourth-order valence-corrected chi connectivity index (χ4v) is 3.75. The van der Waals surface area contributed by atoms with Crippen molar-refractivity contribution in [2.75, 3.05) is 13.7 Å². The average Bonchev–Trinajstić information content (AvgIpc) is 3.21. The Morgan fingerprint density at radius 1 is 1.33 bits per heavy atom. The van der Waals surface area contributed by atoms with Gasteiger partial charge in [-0.1, -0.05) is 0 Å². The molecule has 0 saturated heterocycles. The van der Waals surface area contributed by atoms with Crippen LogP contribution >= 0.6 is 11.3 Å². The van der Waals surface area contributed by atoms with E-state index < -0.39 is 17.6 Å². The summed E-state index contributed by atoms with van der Waals surface area (Å²) in [5, 5.41) is 11.6. The highest BCUT2D eigenvalue weighted by molar-refractivity contribution is 7.13. The second-order valence-electron chi connectivity index (χ2n) is 5.99. The van der Waals surface area contributed by atoms with E-state index in [1.165, 1.54) is 23.5 Å².